The first-order chi connectivity index (χ1) is 9.22. The van der Waals surface area contributed by atoms with Crippen molar-refractivity contribution in [1.82, 2.24) is 0 Å². The molecule has 0 aliphatic carbocycles. The lowest BCUT2D eigenvalue weighted by Crippen LogP contribution is -2.06. The van der Waals surface area contributed by atoms with E-state index in [1.807, 2.05) is 44.2 Å². The number of fused-ring (bicyclic) bond motifs is 1. The molecule has 0 fully saturated rings. The zero-order valence-corrected chi connectivity index (χ0v) is 11.3. The summed E-state index contributed by atoms with van der Waals surface area (Å²) in [5.41, 5.74) is 0.903. The Balaban J connectivity index is 2.55. The van der Waals surface area contributed by atoms with Crippen LogP contribution in [0.15, 0.2) is 36.4 Å². The van der Waals surface area contributed by atoms with Gasteiger partial charge in [-0.05, 0) is 25.3 Å². The molecular formula is C17H18O2. The molecule has 2 aromatic rings. The first-order valence-electron chi connectivity index (χ1n) is 6.50. The van der Waals surface area contributed by atoms with E-state index in [1.54, 1.807) is 0 Å². The van der Waals surface area contributed by atoms with E-state index < -0.39 is 0 Å². The summed E-state index contributed by atoms with van der Waals surface area (Å²) in [6.45, 7) is 4.08. The van der Waals surface area contributed by atoms with Crippen LogP contribution in [0.4, 0.5) is 0 Å². The van der Waals surface area contributed by atoms with Gasteiger partial charge in [0.05, 0.1) is 18.3 Å². The second-order valence-electron chi connectivity index (χ2n) is 4.60. The van der Waals surface area contributed by atoms with Crippen LogP contribution < -0.4 is 4.74 Å². The van der Waals surface area contributed by atoms with Gasteiger partial charge in [0.2, 0.25) is 0 Å². The Morgan fingerprint density at radius 3 is 2.68 bits per heavy atom. The summed E-state index contributed by atoms with van der Waals surface area (Å²) < 4.78 is 5.82. The monoisotopic (exact) mass is 254 g/mol. The highest BCUT2D eigenvalue weighted by molar-refractivity contribution is 5.90. The number of aliphatic hydroxyl groups excluding tert-OH is 1. The first kappa shape index (κ1) is 13.5. The maximum atomic E-state index is 8.84. The summed E-state index contributed by atoms with van der Waals surface area (Å²) in [7, 11) is 0. The summed E-state index contributed by atoms with van der Waals surface area (Å²) in [4.78, 5) is 0. The highest BCUT2D eigenvalue weighted by Crippen LogP contribution is 2.28. The van der Waals surface area contributed by atoms with Gasteiger partial charge in [0.1, 0.15) is 5.75 Å². The molecule has 98 valence electrons. The molecule has 0 aliphatic rings. The highest BCUT2D eigenvalue weighted by Gasteiger charge is 2.07. The van der Waals surface area contributed by atoms with E-state index in [4.69, 9.17) is 9.84 Å². The summed E-state index contributed by atoms with van der Waals surface area (Å²) in [5.74, 6) is 6.91. The van der Waals surface area contributed by atoms with Crippen LogP contribution in [-0.4, -0.2) is 17.8 Å². The molecule has 0 unspecified atom stereocenters. The van der Waals surface area contributed by atoms with Crippen molar-refractivity contribution < 1.29 is 9.84 Å². The molecule has 2 aromatic carbocycles. The van der Waals surface area contributed by atoms with Crippen molar-refractivity contribution in [3.8, 4) is 17.6 Å². The molecule has 2 heteroatoms. The number of hydrogen-bond donors (Lipinski definition) is 1. The fourth-order valence-electron chi connectivity index (χ4n) is 1.94. The maximum absolute atomic E-state index is 8.84. The van der Waals surface area contributed by atoms with Crippen molar-refractivity contribution in [1.29, 1.82) is 0 Å². The lowest BCUT2D eigenvalue weighted by atomic mass is 10.0. The van der Waals surface area contributed by atoms with Crippen LogP contribution in [-0.2, 0) is 0 Å². The molecule has 0 radical (unpaired) electrons. The molecule has 2 rings (SSSR count). The van der Waals surface area contributed by atoms with E-state index in [1.165, 1.54) is 0 Å². The number of hydrogen-bond acceptors (Lipinski definition) is 2. The van der Waals surface area contributed by atoms with Gasteiger partial charge in [-0.15, -0.1) is 0 Å². The summed E-state index contributed by atoms with van der Waals surface area (Å²) >= 11 is 0. The largest absolute Gasteiger partial charge is 0.490 e. The number of rotatable bonds is 3. The highest BCUT2D eigenvalue weighted by atomic mass is 16.5. The molecule has 0 saturated carbocycles. The molecular weight excluding hydrogens is 236 g/mol. The van der Waals surface area contributed by atoms with E-state index in [0.29, 0.717) is 6.42 Å². The van der Waals surface area contributed by atoms with Crippen LogP contribution in [0, 0.1) is 11.8 Å². The van der Waals surface area contributed by atoms with Gasteiger partial charge in [-0.2, -0.15) is 0 Å². The Morgan fingerprint density at radius 2 is 1.95 bits per heavy atom. The summed E-state index contributed by atoms with van der Waals surface area (Å²) in [5, 5.41) is 11.1. The normalized spacial score (nSPS) is 10.3. The number of benzene rings is 2. The predicted molar refractivity (Wildman–Crippen MR) is 78.3 cm³/mol. The van der Waals surface area contributed by atoms with Crippen LogP contribution in [0.25, 0.3) is 10.8 Å². The molecule has 0 bridgehead atoms. The van der Waals surface area contributed by atoms with Crippen molar-refractivity contribution in [2.75, 3.05) is 6.61 Å². The average molecular weight is 254 g/mol. The van der Waals surface area contributed by atoms with Crippen molar-refractivity contribution in [2.24, 2.45) is 0 Å². The van der Waals surface area contributed by atoms with Crippen LogP contribution in [0.5, 0.6) is 5.75 Å². The molecule has 0 spiro atoms. The van der Waals surface area contributed by atoms with E-state index in [9.17, 15) is 0 Å². The minimum Gasteiger partial charge on any atom is -0.490 e. The van der Waals surface area contributed by atoms with E-state index in [-0.39, 0.29) is 12.7 Å². The zero-order chi connectivity index (χ0) is 13.7. The van der Waals surface area contributed by atoms with Gasteiger partial charge in [-0.25, -0.2) is 0 Å². The molecule has 19 heavy (non-hydrogen) atoms. The van der Waals surface area contributed by atoms with Gasteiger partial charge < -0.3 is 9.84 Å². The van der Waals surface area contributed by atoms with Crippen molar-refractivity contribution >= 4 is 10.8 Å². The smallest absolute Gasteiger partial charge is 0.135 e. The number of aliphatic hydroxyl groups is 1. The van der Waals surface area contributed by atoms with Gasteiger partial charge in [0.25, 0.3) is 0 Å². The molecule has 0 amide bonds. The maximum Gasteiger partial charge on any atom is 0.135 e. The predicted octanol–water partition coefficient (Wildman–Crippen LogP) is 3.36. The zero-order valence-electron chi connectivity index (χ0n) is 11.3. The molecule has 0 atom stereocenters. The Kier molecular flexibility index (Phi) is 4.43. The fourth-order valence-corrected chi connectivity index (χ4v) is 1.94. The van der Waals surface area contributed by atoms with Crippen LogP contribution in [0.3, 0.4) is 0 Å². The van der Waals surface area contributed by atoms with Gasteiger partial charge in [0.15, 0.2) is 0 Å². The molecule has 0 aliphatic heterocycles. The van der Waals surface area contributed by atoms with Crippen LogP contribution >= 0.6 is 0 Å². The van der Waals surface area contributed by atoms with E-state index >= 15 is 0 Å². The van der Waals surface area contributed by atoms with Gasteiger partial charge in [0, 0.05) is 11.8 Å². The Morgan fingerprint density at radius 1 is 1.16 bits per heavy atom. The van der Waals surface area contributed by atoms with Gasteiger partial charge in [-0.1, -0.05) is 42.2 Å². The quantitative estimate of drug-likeness (QED) is 0.851. The van der Waals surface area contributed by atoms with E-state index in [0.717, 1.165) is 22.1 Å². The number of ether oxygens (including phenoxy) is 1. The van der Waals surface area contributed by atoms with Crippen molar-refractivity contribution in [2.45, 2.75) is 26.4 Å². The Bertz CT molecular complexity index is 618. The summed E-state index contributed by atoms with van der Waals surface area (Å²) in [6, 6.07) is 12.1. The molecule has 0 heterocycles. The minimum atomic E-state index is 0.0815. The first-order valence-corrected chi connectivity index (χ1v) is 6.50. The molecule has 0 aromatic heterocycles. The Hall–Kier alpha value is -1.98. The SMILES string of the molecule is CC(C)Oc1ccc2ccccc2c1C#CCCO. The Labute approximate surface area is 114 Å². The van der Waals surface area contributed by atoms with Crippen molar-refractivity contribution in [3.63, 3.8) is 0 Å². The molecule has 0 saturated heterocycles. The van der Waals surface area contributed by atoms with Crippen LogP contribution in [0.1, 0.15) is 25.8 Å². The van der Waals surface area contributed by atoms with Gasteiger partial charge >= 0.3 is 0 Å². The fraction of sp³-hybridized carbons (Fsp3) is 0.294. The lowest BCUT2D eigenvalue weighted by molar-refractivity contribution is 0.242. The van der Waals surface area contributed by atoms with Crippen molar-refractivity contribution in [3.05, 3.63) is 42.0 Å². The lowest BCUT2D eigenvalue weighted by Gasteiger charge is -2.13. The third-order valence-corrected chi connectivity index (χ3v) is 2.70. The second kappa shape index (κ2) is 6.26. The molecule has 2 nitrogen and oxygen atoms in total. The third-order valence-electron chi connectivity index (χ3n) is 2.70. The average Bonchev–Trinajstić information content (AvgIpc) is 2.40. The van der Waals surface area contributed by atoms with E-state index in [2.05, 4.69) is 17.9 Å². The second-order valence-corrected chi connectivity index (χ2v) is 4.60. The molecule has 1 N–H and O–H groups in total. The third kappa shape index (κ3) is 3.27. The van der Waals surface area contributed by atoms with Crippen LogP contribution in [0.2, 0.25) is 0 Å². The summed E-state index contributed by atoms with van der Waals surface area (Å²) in [6.07, 6.45) is 0.587. The standard InChI is InChI=1S/C17H18O2/c1-13(2)19-17-11-10-14-7-3-4-8-15(14)16(17)9-5-6-12-18/h3-4,7-8,10-11,13,18H,6,12H2,1-2H3. The van der Waals surface area contributed by atoms with Gasteiger partial charge in [-0.3, -0.25) is 0 Å². The topological polar surface area (TPSA) is 29.5 Å². The minimum absolute atomic E-state index is 0.0815.